The van der Waals surface area contributed by atoms with Crippen LogP contribution in [-0.2, 0) is 13.1 Å². The third-order valence-corrected chi connectivity index (χ3v) is 3.41. The summed E-state index contributed by atoms with van der Waals surface area (Å²) in [4.78, 5) is 11.8. The third kappa shape index (κ3) is 5.32. The van der Waals surface area contributed by atoms with Gasteiger partial charge in [-0.1, -0.05) is 6.92 Å². The quantitative estimate of drug-likeness (QED) is 0.813. The summed E-state index contributed by atoms with van der Waals surface area (Å²) < 4.78 is 27.5. The first-order valence-electron chi connectivity index (χ1n) is 7.71. The molecule has 2 heterocycles. The molecule has 0 fully saturated rings. The number of carbonyl (C=O) groups excluding carboxylic acids is 1. The molecule has 0 aliphatic carbocycles. The first kappa shape index (κ1) is 17.9. The Morgan fingerprint density at radius 3 is 2.67 bits per heavy atom. The summed E-state index contributed by atoms with van der Waals surface area (Å²) in [7, 11) is 0. The molecule has 0 aromatic carbocycles. The smallest absolute Gasteiger partial charge is 0.320 e. The van der Waals surface area contributed by atoms with Crippen molar-refractivity contribution < 1.29 is 13.6 Å². The second-order valence-electron chi connectivity index (χ2n) is 5.86. The second-order valence-corrected chi connectivity index (χ2v) is 5.86. The van der Waals surface area contributed by atoms with Gasteiger partial charge in [0.1, 0.15) is 6.54 Å². The highest BCUT2D eigenvalue weighted by Crippen LogP contribution is 2.07. The van der Waals surface area contributed by atoms with E-state index in [1.165, 1.54) is 12.3 Å². The molecule has 2 aromatic heterocycles. The number of aromatic nitrogens is 4. The number of anilines is 1. The number of hydrogen-bond donors (Lipinski definition) is 2. The van der Waals surface area contributed by atoms with E-state index in [0.717, 1.165) is 16.1 Å². The normalized spacial score (nSPS) is 12.4. The maximum atomic E-state index is 12.2. The van der Waals surface area contributed by atoms with Gasteiger partial charge in [0.15, 0.2) is 5.82 Å². The predicted molar refractivity (Wildman–Crippen MR) is 86.1 cm³/mol. The Hall–Kier alpha value is -2.45. The van der Waals surface area contributed by atoms with Crippen molar-refractivity contribution in [2.45, 2.75) is 40.3 Å². The van der Waals surface area contributed by atoms with Crippen molar-refractivity contribution in [2.75, 3.05) is 11.9 Å². The fourth-order valence-corrected chi connectivity index (χ4v) is 2.32. The van der Waals surface area contributed by atoms with Crippen LogP contribution >= 0.6 is 0 Å². The number of rotatable bonds is 7. The molecule has 0 radical (unpaired) electrons. The van der Waals surface area contributed by atoms with Crippen LogP contribution in [0.2, 0.25) is 0 Å². The number of nitrogens with zero attached hydrogens (tertiary/aromatic N) is 4. The highest BCUT2D eigenvalue weighted by molar-refractivity contribution is 5.88. The summed E-state index contributed by atoms with van der Waals surface area (Å²) >= 11 is 0. The highest BCUT2D eigenvalue weighted by Gasteiger charge is 2.11. The Balaban J connectivity index is 1.76. The molecule has 0 saturated heterocycles. The van der Waals surface area contributed by atoms with Gasteiger partial charge in [0.05, 0.1) is 5.69 Å². The molecule has 2 rings (SSSR count). The van der Waals surface area contributed by atoms with E-state index in [9.17, 15) is 13.6 Å². The van der Waals surface area contributed by atoms with E-state index >= 15 is 0 Å². The topological polar surface area (TPSA) is 76.8 Å². The number of amides is 2. The Morgan fingerprint density at radius 2 is 2.04 bits per heavy atom. The van der Waals surface area contributed by atoms with Crippen molar-refractivity contribution in [3.63, 3.8) is 0 Å². The number of hydrogen-bond acceptors (Lipinski definition) is 3. The van der Waals surface area contributed by atoms with Gasteiger partial charge < -0.3 is 5.32 Å². The molecule has 24 heavy (non-hydrogen) atoms. The van der Waals surface area contributed by atoms with Crippen LogP contribution in [0.3, 0.4) is 0 Å². The molecule has 0 aliphatic heterocycles. The van der Waals surface area contributed by atoms with E-state index in [1.807, 2.05) is 31.5 Å². The van der Waals surface area contributed by atoms with Gasteiger partial charge in [0, 0.05) is 31.0 Å². The third-order valence-electron chi connectivity index (χ3n) is 3.41. The van der Waals surface area contributed by atoms with Crippen LogP contribution in [0.5, 0.6) is 0 Å². The minimum absolute atomic E-state index is 0.185. The summed E-state index contributed by atoms with van der Waals surface area (Å²) in [6, 6.07) is 3.06. The summed E-state index contributed by atoms with van der Waals surface area (Å²) in [6.07, 6.45) is -1.09. The SMILES string of the molecule is Cc1cc(C)n(C[C@@H](C)CNC(=O)Nc2ccn(CC(F)F)n2)n1. The molecule has 1 atom stereocenters. The molecule has 7 nitrogen and oxygen atoms in total. The summed E-state index contributed by atoms with van der Waals surface area (Å²) in [5.74, 6) is 0.421. The molecule has 0 bridgehead atoms. The lowest BCUT2D eigenvalue weighted by atomic mass is 10.2. The van der Waals surface area contributed by atoms with E-state index in [0.29, 0.717) is 13.1 Å². The molecule has 0 spiro atoms. The molecule has 2 amide bonds. The molecule has 0 aliphatic rings. The van der Waals surface area contributed by atoms with E-state index in [-0.39, 0.29) is 11.7 Å². The summed E-state index contributed by atoms with van der Waals surface area (Å²) in [6.45, 7) is 6.59. The fourth-order valence-electron chi connectivity index (χ4n) is 2.32. The van der Waals surface area contributed by atoms with Gasteiger partial charge in [-0.05, 0) is 25.8 Å². The van der Waals surface area contributed by atoms with Crippen LogP contribution in [0.1, 0.15) is 18.3 Å². The lowest BCUT2D eigenvalue weighted by Gasteiger charge is -2.14. The molecule has 2 aromatic rings. The zero-order chi connectivity index (χ0) is 17.7. The Labute approximate surface area is 139 Å². The van der Waals surface area contributed by atoms with E-state index < -0.39 is 19.0 Å². The lowest BCUT2D eigenvalue weighted by molar-refractivity contribution is 0.122. The molecule has 0 saturated carbocycles. The van der Waals surface area contributed by atoms with Crippen molar-refractivity contribution in [1.82, 2.24) is 24.9 Å². The van der Waals surface area contributed by atoms with Gasteiger partial charge >= 0.3 is 6.03 Å². The van der Waals surface area contributed by atoms with Gasteiger partial charge in [-0.3, -0.25) is 14.7 Å². The minimum Gasteiger partial charge on any atom is -0.337 e. The zero-order valence-electron chi connectivity index (χ0n) is 14.0. The average Bonchev–Trinajstić information content (AvgIpc) is 3.02. The van der Waals surface area contributed by atoms with Crippen molar-refractivity contribution in [2.24, 2.45) is 5.92 Å². The van der Waals surface area contributed by atoms with Gasteiger partial charge in [-0.25, -0.2) is 13.6 Å². The van der Waals surface area contributed by atoms with Gasteiger partial charge in [-0.2, -0.15) is 10.2 Å². The second kappa shape index (κ2) is 7.89. The number of urea groups is 1. The first-order valence-corrected chi connectivity index (χ1v) is 7.71. The van der Waals surface area contributed by atoms with Gasteiger partial charge in [-0.15, -0.1) is 0 Å². The maximum Gasteiger partial charge on any atom is 0.320 e. The van der Waals surface area contributed by atoms with Crippen LogP contribution in [-0.4, -0.2) is 38.6 Å². The first-order chi connectivity index (χ1) is 11.3. The lowest BCUT2D eigenvalue weighted by Crippen LogP contribution is -2.33. The minimum atomic E-state index is -2.48. The van der Waals surface area contributed by atoms with Crippen LogP contribution in [0.4, 0.5) is 19.4 Å². The number of halogens is 2. The number of carbonyl (C=O) groups is 1. The Kier molecular flexibility index (Phi) is 5.88. The summed E-state index contributed by atoms with van der Waals surface area (Å²) in [5, 5.41) is 13.5. The monoisotopic (exact) mass is 340 g/mol. The van der Waals surface area contributed by atoms with Gasteiger partial charge in [0.2, 0.25) is 0 Å². The molecule has 2 N–H and O–H groups in total. The Bertz CT molecular complexity index is 681. The molecular formula is C15H22F2N6O. The van der Waals surface area contributed by atoms with Crippen LogP contribution in [0.25, 0.3) is 0 Å². The molecule has 9 heteroatoms. The number of alkyl halides is 2. The average molecular weight is 340 g/mol. The van der Waals surface area contributed by atoms with E-state index in [2.05, 4.69) is 20.8 Å². The fraction of sp³-hybridized carbons (Fsp3) is 0.533. The highest BCUT2D eigenvalue weighted by atomic mass is 19.3. The van der Waals surface area contributed by atoms with Crippen molar-refractivity contribution in [1.29, 1.82) is 0 Å². The van der Waals surface area contributed by atoms with Crippen molar-refractivity contribution in [3.8, 4) is 0 Å². The maximum absolute atomic E-state index is 12.2. The number of aryl methyl sites for hydroxylation is 2. The largest absolute Gasteiger partial charge is 0.337 e. The zero-order valence-corrected chi connectivity index (χ0v) is 14.0. The van der Waals surface area contributed by atoms with Crippen molar-refractivity contribution >= 4 is 11.8 Å². The molecular weight excluding hydrogens is 318 g/mol. The van der Waals surface area contributed by atoms with Crippen molar-refractivity contribution in [3.05, 3.63) is 29.7 Å². The van der Waals surface area contributed by atoms with Crippen LogP contribution < -0.4 is 10.6 Å². The van der Waals surface area contributed by atoms with Gasteiger partial charge in [0.25, 0.3) is 6.43 Å². The molecule has 0 unspecified atom stereocenters. The van der Waals surface area contributed by atoms with E-state index in [4.69, 9.17) is 0 Å². The Morgan fingerprint density at radius 1 is 1.29 bits per heavy atom. The van der Waals surface area contributed by atoms with E-state index in [1.54, 1.807) is 0 Å². The number of nitrogens with one attached hydrogen (secondary N) is 2. The van der Waals surface area contributed by atoms with Crippen LogP contribution in [0, 0.1) is 19.8 Å². The summed E-state index contributed by atoms with van der Waals surface area (Å²) in [5.41, 5.74) is 2.04. The predicted octanol–water partition coefficient (Wildman–Crippen LogP) is 2.42. The molecule has 132 valence electrons. The standard InChI is InChI=1S/C15H22F2N6O/c1-10(8-23-12(3)6-11(2)20-23)7-18-15(24)19-14-4-5-22(21-14)9-13(16)17/h4-6,10,13H,7-9H2,1-3H3,(H2,18,19,21,24)/t10-/m0/s1. The van der Waals surface area contributed by atoms with Crippen LogP contribution in [0.15, 0.2) is 18.3 Å².